The zero-order valence-corrected chi connectivity index (χ0v) is 17.0. The molecule has 3 aromatic rings. The summed E-state index contributed by atoms with van der Waals surface area (Å²) in [5.41, 5.74) is 5.09. The minimum atomic E-state index is -0.241. The highest BCUT2D eigenvalue weighted by Gasteiger charge is 2.42. The summed E-state index contributed by atoms with van der Waals surface area (Å²) in [5.74, 6) is 0.689. The highest BCUT2D eigenvalue weighted by atomic mass is 79.9. The van der Waals surface area contributed by atoms with E-state index in [2.05, 4.69) is 50.5 Å². The van der Waals surface area contributed by atoms with Crippen molar-refractivity contribution in [2.75, 3.05) is 12.4 Å². The Morgan fingerprint density at radius 2 is 2.07 bits per heavy atom. The zero-order chi connectivity index (χ0) is 19.3. The molecule has 5 rings (SSSR count). The van der Waals surface area contributed by atoms with E-state index in [9.17, 15) is 4.79 Å². The third kappa shape index (κ3) is 2.65. The number of ether oxygens (including phenoxy) is 1. The molecule has 0 saturated heterocycles. The van der Waals surface area contributed by atoms with Gasteiger partial charge in [-0.3, -0.25) is 9.78 Å². The van der Waals surface area contributed by atoms with E-state index in [1.807, 2.05) is 24.3 Å². The number of rotatable bonds is 2. The van der Waals surface area contributed by atoms with Crippen molar-refractivity contribution in [3.8, 4) is 5.75 Å². The lowest BCUT2D eigenvalue weighted by atomic mass is 9.70. The van der Waals surface area contributed by atoms with Crippen LogP contribution < -0.4 is 10.1 Å². The van der Waals surface area contributed by atoms with E-state index in [0.29, 0.717) is 6.42 Å². The van der Waals surface area contributed by atoms with Gasteiger partial charge in [0.05, 0.1) is 18.5 Å². The van der Waals surface area contributed by atoms with Crippen LogP contribution in [-0.4, -0.2) is 17.9 Å². The fourth-order valence-electron chi connectivity index (χ4n) is 4.54. The van der Waals surface area contributed by atoms with Crippen molar-refractivity contribution in [1.29, 1.82) is 0 Å². The molecule has 2 aliphatic rings. The molecule has 140 valence electrons. The van der Waals surface area contributed by atoms with Crippen LogP contribution >= 0.6 is 15.9 Å². The van der Waals surface area contributed by atoms with Crippen LogP contribution in [0.2, 0.25) is 0 Å². The number of nitrogens with zero attached hydrogens (tertiary/aromatic N) is 1. The highest BCUT2D eigenvalue weighted by molar-refractivity contribution is 9.10. The number of hydrogen-bond acceptors (Lipinski definition) is 4. The van der Waals surface area contributed by atoms with Gasteiger partial charge in [0, 0.05) is 45.3 Å². The number of Topliss-reactive ketones (excluding diaryl/α,β-unsaturated/α-hetero) is 1. The highest BCUT2D eigenvalue weighted by Crippen LogP contribution is 2.51. The van der Waals surface area contributed by atoms with E-state index in [-0.39, 0.29) is 17.6 Å². The molecule has 28 heavy (non-hydrogen) atoms. The number of ketones is 1. The number of hydrogen-bond donors (Lipinski definition) is 1. The van der Waals surface area contributed by atoms with Gasteiger partial charge in [0.25, 0.3) is 0 Å². The van der Waals surface area contributed by atoms with Crippen molar-refractivity contribution in [1.82, 2.24) is 4.98 Å². The molecule has 0 fully saturated rings. The van der Waals surface area contributed by atoms with Gasteiger partial charge in [-0.25, -0.2) is 0 Å². The number of fused-ring (bicyclic) bond motifs is 4. The van der Waals surface area contributed by atoms with Crippen LogP contribution in [0.4, 0.5) is 5.69 Å². The summed E-state index contributed by atoms with van der Waals surface area (Å²) < 4.78 is 6.68. The van der Waals surface area contributed by atoms with Crippen LogP contribution in [0.5, 0.6) is 5.75 Å². The SMILES string of the molecule is COc1ccc(Br)cc1[C@H]1c2c(ccc3ncccc23)NC2=CCCC(=O)[C@H]21. The van der Waals surface area contributed by atoms with Gasteiger partial charge in [-0.05, 0) is 48.4 Å². The van der Waals surface area contributed by atoms with E-state index in [0.717, 1.165) is 50.1 Å². The minimum Gasteiger partial charge on any atom is -0.496 e. The van der Waals surface area contributed by atoms with Crippen molar-refractivity contribution < 1.29 is 9.53 Å². The minimum absolute atomic E-state index is 0.129. The predicted molar refractivity (Wildman–Crippen MR) is 114 cm³/mol. The van der Waals surface area contributed by atoms with E-state index in [4.69, 9.17) is 4.74 Å². The number of carbonyl (C=O) groups is 1. The van der Waals surface area contributed by atoms with Gasteiger partial charge in [-0.1, -0.05) is 28.1 Å². The largest absolute Gasteiger partial charge is 0.496 e. The molecule has 2 aromatic carbocycles. The maximum Gasteiger partial charge on any atom is 0.143 e. The Labute approximate surface area is 171 Å². The Bertz CT molecular complexity index is 1140. The summed E-state index contributed by atoms with van der Waals surface area (Å²) in [6.07, 6.45) is 5.32. The van der Waals surface area contributed by atoms with Crippen molar-refractivity contribution in [3.05, 3.63) is 76.0 Å². The number of allylic oxidation sites excluding steroid dienone is 2. The number of nitrogens with one attached hydrogen (secondary N) is 1. The number of halogens is 1. The number of pyridine rings is 1. The second kappa shape index (κ2) is 6.74. The monoisotopic (exact) mass is 434 g/mol. The molecule has 2 heterocycles. The first kappa shape index (κ1) is 17.4. The third-order valence-corrected chi connectivity index (χ3v) is 6.21. The second-order valence-corrected chi connectivity index (χ2v) is 8.14. The molecule has 0 amide bonds. The van der Waals surface area contributed by atoms with Crippen LogP contribution in [0.3, 0.4) is 0 Å². The molecule has 1 aromatic heterocycles. The van der Waals surface area contributed by atoms with Gasteiger partial charge in [-0.2, -0.15) is 0 Å². The lowest BCUT2D eigenvalue weighted by Crippen LogP contribution is -2.35. The first-order valence-corrected chi connectivity index (χ1v) is 10.2. The Morgan fingerprint density at radius 1 is 1.18 bits per heavy atom. The average Bonchev–Trinajstić information content (AvgIpc) is 2.72. The standard InChI is InChI=1S/C23H19BrN2O2/c1-28-20-10-7-13(24)12-15(20)22-21-14-4-3-11-25-16(14)8-9-18(21)26-17-5-2-6-19(27)23(17)22/h3-5,7-12,22-23,26H,2,6H2,1H3/t22-,23-/m0/s1. The van der Waals surface area contributed by atoms with E-state index < -0.39 is 0 Å². The third-order valence-electron chi connectivity index (χ3n) is 5.71. The lowest BCUT2D eigenvalue weighted by Gasteiger charge is -2.39. The molecule has 4 nitrogen and oxygen atoms in total. The average molecular weight is 435 g/mol. The fraction of sp³-hybridized carbons (Fsp3) is 0.217. The van der Waals surface area contributed by atoms with Crippen LogP contribution in [-0.2, 0) is 4.79 Å². The quantitative estimate of drug-likeness (QED) is 0.584. The van der Waals surface area contributed by atoms with Crippen molar-refractivity contribution >= 4 is 38.3 Å². The van der Waals surface area contributed by atoms with Gasteiger partial charge >= 0.3 is 0 Å². The molecular weight excluding hydrogens is 416 g/mol. The molecule has 1 aliphatic heterocycles. The summed E-state index contributed by atoms with van der Waals surface area (Å²) in [6.45, 7) is 0. The molecule has 0 unspecified atom stereocenters. The number of anilines is 1. The van der Waals surface area contributed by atoms with Crippen LogP contribution in [0.1, 0.15) is 29.9 Å². The molecular formula is C23H19BrN2O2. The van der Waals surface area contributed by atoms with Gasteiger partial charge < -0.3 is 10.1 Å². The van der Waals surface area contributed by atoms with Crippen LogP contribution in [0.15, 0.2) is 64.9 Å². The smallest absolute Gasteiger partial charge is 0.143 e. The Morgan fingerprint density at radius 3 is 2.93 bits per heavy atom. The number of aromatic nitrogens is 1. The number of carbonyl (C=O) groups excluding carboxylic acids is 1. The molecule has 1 aliphatic carbocycles. The van der Waals surface area contributed by atoms with Crippen LogP contribution in [0.25, 0.3) is 10.9 Å². The van der Waals surface area contributed by atoms with E-state index in [1.165, 1.54) is 0 Å². The predicted octanol–water partition coefficient (Wildman–Crippen LogP) is 5.43. The van der Waals surface area contributed by atoms with Crippen molar-refractivity contribution in [2.45, 2.75) is 18.8 Å². The van der Waals surface area contributed by atoms with Crippen LogP contribution in [0, 0.1) is 5.92 Å². The van der Waals surface area contributed by atoms with E-state index >= 15 is 0 Å². The second-order valence-electron chi connectivity index (χ2n) is 7.23. The zero-order valence-electron chi connectivity index (χ0n) is 15.4. The summed E-state index contributed by atoms with van der Waals surface area (Å²) in [5, 5.41) is 4.60. The maximum atomic E-state index is 13.1. The van der Waals surface area contributed by atoms with Gasteiger partial charge in [0.15, 0.2) is 0 Å². The molecule has 0 radical (unpaired) electrons. The van der Waals surface area contributed by atoms with Gasteiger partial charge in [-0.15, -0.1) is 0 Å². The lowest BCUT2D eigenvalue weighted by molar-refractivity contribution is -0.122. The Balaban J connectivity index is 1.86. The molecule has 0 spiro atoms. The molecule has 0 saturated carbocycles. The summed E-state index contributed by atoms with van der Waals surface area (Å²) >= 11 is 3.60. The number of methoxy groups -OCH3 is 1. The first-order chi connectivity index (χ1) is 13.7. The molecule has 0 bridgehead atoms. The molecule has 5 heteroatoms. The summed E-state index contributed by atoms with van der Waals surface area (Å²) in [6, 6.07) is 14.1. The van der Waals surface area contributed by atoms with Crippen molar-refractivity contribution in [2.24, 2.45) is 5.92 Å². The normalized spacial score (nSPS) is 20.8. The van der Waals surface area contributed by atoms with Crippen molar-refractivity contribution in [3.63, 3.8) is 0 Å². The summed E-state index contributed by atoms with van der Waals surface area (Å²) in [7, 11) is 1.68. The van der Waals surface area contributed by atoms with Gasteiger partial charge in [0.2, 0.25) is 0 Å². The Hall–Kier alpha value is -2.66. The maximum absolute atomic E-state index is 13.1. The van der Waals surface area contributed by atoms with E-state index in [1.54, 1.807) is 13.3 Å². The van der Waals surface area contributed by atoms with Gasteiger partial charge in [0.1, 0.15) is 11.5 Å². The summed E-state index contributed by atoms with van der Waals surface area (Å²) in [4.78, 5) is 17.6. The fourth-order valence-corrected chi connectivity index (χ4v) is 4.92. The topological polar surface area (TPSA) is 51.2 Å². The first-order valence-electron chi connectivity index (χ1n) is 9.38. The molecule has 1 N–H and O–H groups in total. The number of benzene rings is 2. The Kier molecular flexibility index (Phi) is 4.20. The molecule has 2 atom stereocenters.